The number of hydrogen-bond acceptors (Lipinski definition) is 2. The van der Waals surface area contributed by atoms with Gasteiger partial charge in [0.2, 0.25) is 0 Å². The van der Waals surface area contributed by atoms with E-state index in [1.165, 1.54) is 37.7 Å². The highest BCUT2D eigenvalue weighted by molar-refractivity contribution is 5.31. The Kier molecular flexibility index (Phi) is 4.42. The van der Waals surface area contributed by atoms with Crippen molar-refractivity contribution < 1.29 is 0 Å². The van der Waals surface area contributed by atoms with Gasteiger partial charge in [0, 0.05) is 18.6 Å². The molecule has 0 radical (unpaired) electrons. The molecule has 1 aromatic carbocycles. The third kappa shape index (κ3) is 2.77. The van der Waals surface area contributed by atoms with Gasteiger partial charge in [0.25, 0.3) is 0 Å². The average Bonchev–Trinajstić information content (AvgIpc) is 2.69. The Bertz CT molecular complexity index is 443. The van der Waals surface area contributed by atoms with Gasteiger partial charge in [-0.1, -0.05) is 44.0 Å². The Morgan fingerprint density at radius 1 is 1.10 bits per heavy atom. The molecule has 3 atom stereocenters. The maximum Gasteiger partial charge on any atom is 0.0363 e. The first-order valence-electron chi connectivity index (χ1n) is 8.28. The predicted molar refractivity (Wildman–Crippen MR) is 84.7 cm³/mol. The van der Waals surface area contributed by atoms with Crippen molar-refractivity contribution in [2.45, 2.75) is 57.7 Å². The van der Waals surface area contributed by atoms with E-state index in [4.69, 9.17) is 0 Å². The highest BCUT2D eigenvalue weighted by Gasteiger charge is 2.31. The van der Waals surface area contributed by atoms with Gasteiger partial charge in [-0.2, -0.15) is 0 Å². The Morgan fingerprint density at radius 2 is 1.90 bits per heavy atom. The van der Waals surface area contributed by atoms with Gasteiger partial charge in [-0.15, -0.1) is 0 Å². The zero-order valence-electron chi connectivity index (χ0n) is 12.9. The zero-order chi connectivity index (χ0) is 13.9. The lowest BCUT2D eigenvalue weighted by Crippen LogP contribution is -2.41. The van der Waals surface area contributed by atoms with Crippen molar-refractivity contribution in [1.29, 1.82) is 0 Å². The van der Waals surface area contributed by atoms with Crippen LogP contribution in [0.5, 0.6) is 0 Å². The van der Waals surface area contributed by atoms with Gasteiger partial charge in [0.05, 0.1) is 0 Å². The minimum atomic E-state index is 0.590. The van der Waals surface area contributed by atoms with Crippen LogP contribution in [0.1, 0.15) is 56.2 Å². The molecule has 20 heavy (non-hydrogen) atoms. The molecule has 1 aliphatic heterocycles. The summed E-state index contributed by atoms with van der Waals surface area (Å²) < 4.78 is 0. The number of nitrogens with one attached hydrogen (secondary N) is 1. The van der Waals surface area contributed by atoms with Crippen LogP contribution < -0.4 is 5.32 Å². The minimum Gasteiger partial charge on any atom is -0.313 e. The summed E-state index contributed by atoms with van der Waals surface area (Å²) in [6, 6.07) is 10.4. The molecule has 2 aliphatic rings. The van der Waals surface area contributed by atoms with Crippen molar-refractivity contribution >= 4 is 0 Å². The molecule has 1 heterocycles. The number of nitrogens with zero attached hydrogens (tertiary/aromatic N) is 1. The van der Waals surface area contributed by atoms with E-state index < -0.39 is 0 Å². The van der Waals surface area contributed by atoms with Gasteiger partial charge in [0.15, 0.2) is 0 Å². The van der Waals surface area contributed by atoms with Crippen molar-refractivity contribution in [1.82, 2.24) is 10.2 Å². The van der Waals surface area contributed by atoms with Crippen molar-refractivity contribution in [2.24, 2.45) is 5.92 Å². The number of rotatable bonds is 2. The van der Waals surface area contributed by atoms with Crippen LogP contribution in [0.25, 0.3) is 0 Å². The first-order valence-corrected chi connectivity index (χ1v) is 8.28. The molecule has 0 aromatic heterocycles. The molecular formula is C18H28N2. The van der Waals surface area contributed by atoms with E-state index in [1.54, 1.807) is 5.56 Å². The second-order valence-corrected chi connectivity index (χ2v) is 6.67. The normalized spacial score (nSPS) is 30.9. The smallest absolute Gasteiger partial charge is 0.0363 e. The van der Waals surface area contributed by atoms with Crippen molar-refractivity contribution in [3.63, 3.8) is 0 Å². The fraction of sp³-hybridized carbons (Fsp3) is 0.667. The van der Waals surface area contributed by atoms with Crippen LogP contribution in [-0.4, -0.2) is 24.5 Å². The molecule has 1 N–H and O–H groups in total. The molecule has 2 heteroatoms. The molecule has 1 aromatic rings. The molecule has 1 fully saturated rings. The molecule has 0 saturated heterocycles. The monoisotopic (exact) mass is 272 g/mol. The summed E-state index contributed by atoms with van der Waals surface area (Å²) >= 11 is 0. The second-order valence-electron chi connectivity index (χ2n) is 6.67. The summed E-state index contributed by atoms with van der Waals surface area (Å²) in [5, 5.41) is 3.58. The van der Waals surface area contributed by atoms with E-state index >= 15 is 0 Å². The number of fused-ring (bicyclic) bond motifs is 1. The molecule has 0 bridgehead atoms. The summed E-state index contributed by atoms with van der Waals surface area (Å²) in [6.07, 6.45) is 6.85. The molecule has 2 nitrogen and oxygen atoms in total. The van der Waals surface area contributed by atoms with Crippen LogP contribution in [-0.2, 0) is 6.54 Å². The van der Waals surface area contributed by atoms with Gasteiger partial charge in [0.1, 0.15) is 0 Å². The predicted octanol–water partition coefficient (Wildman–Crippen LogP) is 3.73. The fourth-order valence-electron chi connectivity index (χ4n) is 4.19. The molecule has 0 spiro atoms. The maximum absolute atomic E-state index is 3.58. The van der Waals surface area contributed by atoms with Crippen LogP contribution in [0, 0.1) is 5.92 Å². The fourth-order valence-corrected chi connectivity index (χ4v) is 4.19. The minimum absolute atomic E-state index is 0.590. The quantitative estimate of drug-likeness (QED) is 0.882. The number of hydrogen-bond donors (Lipinski definition) is 1. The standard InChI is InChI=1S/C18H28N2/c1-14-7-3-6-10-17(14)20(2)18-11-12-19-13-15-8-4-5-9-16(15)18/h4-5,8-9,14,17-19H,3,6-7,10-13H2,1-2H3. The highest BCUT2D eigenvalue weighted by atomic mass is 15.2. The lowest BCUT2D eigenvalue weighted by molar-refractivity contribution is 0.0926. The molecular weight excluding hydrogens is 244 g/mol. The van der Waals surface area contributed by atoms with Crippen LogP contribution in [0.3, 0.4) is 0 Å². The lowest BCUT2D eigenvalue weighted by Gasteiger charge is -2.41. The highest BCUT2D eigenvalue weighted by Crippen LogP contribution is 2.35. The summed E-state index contributed by atoms with van der Waals surface area (Å²) in [5.74, 6) is 0.845. The van der Waals surface area contributed by atoms with Crippen LogP contribution in [0.15, 0.2) is 24.3 Å². The number of benzene rings is 1. The first-order chi connectivity index (χ1) is 9.77. The first kappa shape index (κ1) is 14.1. The molecule has 3 unspecified atom stereocenters. The van der Waals surface area contributed by atoms with Gasteiger partial charge in [-0.3, -0.25) is 4.90 Å². The van der Waals surface area contributed by atoms with Crippen LogP contribution >= 0.6 is 0 Å². The van der Waals surface area contributed by atoms with E-state index in [0.717, 1.165) is 25.0 Å². The molecule has 110 valence electrons. The Hall–Kier alpha value is -0.860. The van der Waals surface area contributed by atoms with Gasteiger partial charge >= 0.3 is 0 Å². The van der Waals surface area contributed by atoms with Crippen molar-refractivity contribution in [3.05, 3.63) is 35.4 Å². The van der Waals surface area contributed by atoms with E-state index in [9.17, 15) is 0 Å². The summed E-state index contributed by atoms with van der Waals surface area (Å²) in [4.78, 5) is 2.69. The lowest BCUT2D eigenvalue weighted by atomic mass is 9.83. The molecule has 0 amide bonds. The zero-order valence-corrected chi connectivity index (χ0v) is 12.9. The van der Waals surface area contributed by atoms with Crippen LogP contribution in [0.4, 0.5) is 0 Å². The third-order valence-electron chi connectivity index (χ3n) is 5.41. The van der Waals surface area contributed by atoms with E-state index in [1.807, 2.05) is 0 Å². The molecule has 1 saturated carbocycles. The van der Waals surface area contributed by atoms with E-state index in [-0.39, 0.29) is 0 Å². The van der Waals surface area contributed by atoms with Crippen molar-refractivity contribution in [2.75, 3.05) is 13.6 Å². The second kappa shape index (κ2) is 6.28. The molecule has 3 rings (SSSR count). The van der Waals surface area contributed by atoms with Gasteiger partial charge < -0.3 is 5.32 Å². The third-order valence-corrected chi connectivity index (χ3v) is 5.41. The summed E-state index contributed by atoms with van der Waals surface area (Å²) in [7, 11) is 2.36. The largest absolute Gasteiger partial charge is 0.313 e. The summed E-state index contributed by atoms with van der Waals surface area (Å²) in [5.41, 5.74) is 3.04. The molecule has 1 aliphatic carbocycles. The topological polar surface area (TPSA) is 15.3 Å². The maximum atomic E-state index is 3.58. The van der Waals surface area contributed by atoms with Crippen LogP contribution in [0.2, 0.25) is 0 Å². The summed E-state index contributed by atoms with van der Waals surface area (Å²) in [6.45, 7) is 4.60. The average molecular weight is 272 g/mol. The Balaban J connectivity index is 1.85. The van der Waals surface area contributed by atoms with E-state index in [2.05, 4.69) is 48.5 Å². The Labute approximate surface area is 123 Å². The van der Waals surface area contributed by atoms with Gasteiger partial charge in [-0.05, 0) is 49.9 Å². The van der Waals surface area contributed by atoms with Gasteiger partial charge in [-0.25, -0.2) is 0 Å². The van der Waals surface area contributed by atoms with Crippen molar-refractivity contribution in [3.8, 4) is 0 Å². The Morgan fingerprint density at radius 3 is 2.75 bits per heavy atom. The SMILES string of the molecule is CC1CCCCC1N(C)C1CCNCc2ccccc21. The van der Waals surface area contributed by atoms with E-state index in [0.29, 0.717) is 6.04 Å².